The van der Waals surface area contributed by atoms with E-state index < -0.39 is 5.97 Å². The number of aliphatic carboxylic acids is 1. The molecular weight excluding hydrogens is 340 g/mol. The van der Waals surface area contributed by atoms with Crippen molar-refractivity contribution in [1.82, 2.24) is 5.32 Å². The normalized spacial score (nSPS) is 22.0. The molecule has 2 rings (SSSR count). The second-order valence-electron chi connectivity index (χ2n) is 5.30. The van der Waals surface area contributed by atoms with E-state index in [0.29, 0.717) is 29.4 Å². The summed E-state index contributed by atoms with van der Waals surface area (Å²) in [6.07, 6.45) is 2.91. The molecule has 1 aliphatic carbocycles. The molecular formula is C14H17BrN2O4. The Hall–Kier alpha value is -1.47. The molecule has 0 heterocycles. The molecule has 7 heteroatoms. The van der Waals surface area contributed by atoms with E-state index in [1.807, 2.05) is 0 Å². The minimum atomic E-state index is -0.725. The van der Waals surface area contributed by atoms with Crippen LogP contribution in [-0.2, 0) is 11.3 Å². The van der Waals surface area contributed by atoms with Crippen LogP contribution in [0.2, 0.25) is 0 Å². The molecule has 0 radical (unpaired) electrons. The Balaban J connectivity index is 1.92. The zero-order valence-corrected chi connectivity index (χ0v) is 13.0. The molecule has 2 N–H and O–H groups in total. The summed E-state index contributed by atoms with van der Waals surface area (Å²) in [6.45, 7) is 0.423. The van der Waals surface area contributed by atoms with Crippen LogP contribution in [0.3, 0.4) is 0 Å². The van der Waals surface area contributed by atoms with E-state index in [4.69, 9.17) is 5.11 Å². The fourth-order valence-corrected chi connectivity index (χ4v) is 3.00. The van der Waals surface area contributed by atoms with Gasteiger partial charge >= 0.3 is 5.97 Å². The first-order valence-corrected chi connectivity index (χ1v) is 7.65. The lowest BCUT2D eigenvalue weighted by molar-refractivity contribution is -0.385. The van der Waals surface area contributed by atoms with Crippen molar-refractivity contribution in [1.29, 1.82) is 0 Å². The van der Waals surface area contributed by atoms with Crippen molar-refractivity contribution < 1.29 is 14.8 Å². The average Bonchev–Trinajstić information content (AvgIpc) is 2.46. The van der Waals surface area contributed by atoms with Crippen molar-refractivity contribution in [3.63, 3.8) is 0 Å². The molecule has 1 aromatic rings. The molecule has 6 nitrogen and oxygen atoms in total. The van der Waals surface area contributed by atoms with Gasteiger partial charge in [-0.05, 0) is 37.8 Å². The Kier molecular flexibility index (Phi) is 5.30. The highest BCUT2D eigenvalue weighted by molar-refractivity contribution is 9.10. The van der Waals surface area contributed by atoms with Gasteiger partial charge in [-0.2, -0.15) is 0 Å². The summed E-state index contributed by atoms with van der Waals surface area (Å²) in [5.41, 5.74) is 0.736. The highest BCUT2D eigenvalue weighted by Gasteiger charge is 2.26. The van der Waals surface area contributed by atoms with Crippen LogP contribution < -0.4 is 5.32 Å². The third-order valence-corrected chi connectivity index (χ3v) is 4.39. The van der Waals surface area contributed by atoms with Crippen LogP contribution in [0, 0.1) is 16.0 Å². The third-order valence-electron chi connectivity index (χ3n) is 3.90. The first kappa shape index (κ1) is 15.9. The lowest BCUT2D eigenvalue weighted by atomic mass is 9.86. The van der Waals surface area contributed by atoms with Gasteiger partial charge in [0.15, 0.2) is 0 Å². The topological polar surface area (TPSA) is 92.5 Å². The Labute approximate surface area is 130 Å². The SMILES string of the molecule is O=C(O)C1CCC(NCc2ccc(Br)cc2[N+](=O)[O-])CC1. The molecule has 1 fully saturated rings. The Morgan fingerprint density at radius 3 is 2.62 bits per heavy atom. The standard InChI is InChI=1S/C14H17BrN2O4/c15-11-4-1-10(13(7-11)17(20)21)8-16-12-5-2-9(3-6-12)14(18)19/h1,4,7,9,12,16H,2-3,5-6,8H2,(H,18,19). The first-order valence-electron chi connectivity index (χ1n) is 6.86. The second kappa shape index (κ2) is 7.00. The molecule has 0 atom stereocenters. The molecule has 0 amide bonds. The van der Waals surface area contributed by atoms with Crippen LogP contribution in [0.15, 0.2) is 22.7 Å². The van der Waals surface area contributed by atoms with Crippen LogP contribution in [0.1, 0.15) is 31.2 Å². The second-order valence-corrected chi connectivity index (χ2v) is 6.21. The lowest BCUT2D eigenvalue weighted by Crippen LogP contribution is -2.34. The predicted molar refractivity (Wildman–Crippen MR) is 81.0 cm³/mol. The highest BCUT2D eigenvalue weighted by atomic mass is 79.9. The number of nitro groups is 1. The molecule has 1 aromatic carbocycles. The molecule has 21 heavy (non-hydrogen) atoms. The van der Waals surface area contributed by atoms with E-state index in [-0.39, 0.29) is 22.6 Å². The fourth-order valence-electron chi connectivity index (χ4n) is 2.66. The summed E-state index contributed by atoms with van der Waals surface area (Å²) in [5, 5.41) is 23.3. The maximum Gasteiger partial charge on any atom is 0.306 e. The number of nitrogens with zero attached hydrogens (tertiary/aromatic N) is 1. The van der Waals surface area contributed by atoms with Gasteiger partial charge in [-0.25, -0.2) is 0 Å². The van der Waals surface area contributed by atoms with Gasteiger partial charge in [0.1, 0.15) is 0 Å². The molecule has 1 saturated carbocycles. The van der Waals surface area contributed by atoms with Crippen LogP contribution >= 0.6 is 15.9 Å². The van der Waals surface area contributed by atoms with E-state index in [9.17, 15) is 14.9 Å². The zero-order valence-electron chi connectivity index (χ0n) is 11.4. The number of hydrogen-bond acceptors (Lipinski definition) is 4. The monoisotopic (exact) mass is 356 g/mol. The number of nitrogens with one attached hydrogen (secondary N) is 1. The quantitative estimate of drug-likeness (QED) is 0.624. The number of halogens is 1. The van der Waals surface area contributed by atoms with Crippen molar-refractivity contribution in [2.45, 2.75) is 38.3 Å². The molecule has 0 saturated heterocycles. The number of carboxylic acids is 1. The van der Waals surface area contributed by atoms with Gasteiger partial charge < -0.3 is 10.4 Å². The minimum absolute atomic E-state index is 0.0936. The van der Waals surface area contributed by atoms with E-state index in [2.05, 4.69) is 21.2 Å². The van der Waals surface area contributed by atoms with Gasteiger partial charge in [-0.15, -0.1) is 0 Å². The number of nitro benzene ring substituents is 1. The Morgan fingerprint density at radius 2 is 2.05 bits per heavy atom. The summed E-state index contributed by atoms with van der Waals surface area (Å²) >= 11 is 3.23. The third kappa shape index (κ3) is 4.25. The number of hydrogen-bond donors (Lipinski definition) is 2. The van der Waals surface area contributed by atoms with Gasteiger partial charge in [0.2, 0.25) is 0 Å². The summed E-state index contributed by atoms with van der Waals surface area (Å²) in [5.74, 6) is -0.970. The molecule has 0 spiro atoms. The van der Waals surface area contributed by atoms with Gasteiger partial charge in [-0.1, -0.05) is 15.9 Å². The van der Waals surface area contributed by atoms with Gasteiger partial charge in [0.05, 0.1) is 10.8 Å². The molecule has 114 valence electrons. The van der Waals surface area contributed by atoms with Crippen molar-refractivity contribution in [2.75, 3.05) is 0 Å². The highest BCUT2D eigenvalue weighted by Crippen LogP contribution is 2.26. The maximum absolute atomic E-state index is 11.0. The van der Waals surface area contributed by atoms with E-state index in [1.54, 1.807) is 12.1 Å². The van der Waals surface area contributed by atoms with Gasteiger partial charge in [0.25, 0.3) is 5.69 Å². The molecule has 1 aliphatic rings. The van der Waals surface area contributed by atoms with Gasteiger partial charge in [-0.3, -0.25) is 14.9 Å². The van der Waals surface area contributed by atoms with Crippen molar-refractivity contribution >= 4 is 27.6 Å². The number of rotatable bonds is 5. The first-order chi connectivity index (χ1) is 9.97. The van der Waals surface area contributed by atoms with E-state index >= 15 is 0 Å². The average molecular weight is 357 g/mol. The largest absolute Gasteiger partial charge is 0.481 e. The van der Waals surface area contributed by atoms with E-state index in [1.165, 1.54) is 6.07 Å². The van der Waals surface area contributed by atoms with Crippen LogP contribution in [-0.4, -0.2) is 22.0 Å². The number of carboxylic acid groups (broad SMARTS) is 1. The predicted octanol–water partition coefficient (Wildman–Crippen LogP) is 3.09. The molecule has 0 aromatic heterocycles. The Bertz CT molecular complexity index is 542. The minimum Gasteiger partial charge on any atom is -0.481 e. The van der Waals surface area contributed by atoms with Crippen molar-refractivity contribution in [3.05, 3.63) is 38.3 Å². The smallest absolute Gasteiger partial charge is 0.306 e. The van der Waals surface area contributed by atoms with Crippen molar-refractivity contribution in [2.24, 2.45) is 5.92 Å². The number of benzene rings is 1. The van der Waals surface area contributed by atoms with Crippen LogP contribution in [0.4, 0.5) is 5.69 Å². The summed E-state index contributed by atoms with van der Waals surface area (Å²) in [4.78, 5) is 21.5. The van der Waals surface area contributed by atoms with Crippen molar-refractivity contribution in [3.8, 4) is 0 Å². The van der Waals surface area contributed by atoms with Gasteiger partial charge in [0, 0.05) is 28.7 Å². The van der Waals surface area contributed by atoms with Crippen LogP contribution in [0.25, 0.3) is 0 Å². The molecule has 0 bridgehead atoms. The summed E-state index contributed by atoms with van der Waals surface area (Å²) in [7, 11) is 0. The fraction of sp³-hybridized carbons (Fsp3) is 0.500. The van der Waals surface area contributed by atoms with Crippen LogP contribution in [0.5, 0.6) is 0 Å². The number of carbonyl (C=O) groups is 1. The maximum atomic E-state index is 11.0. The lowest BCUT2D eigenvalue weighted by Gasteiger charge is -2.26. The zero-order chi connectivity index (χ0) is 15.4. The summed E-state index contributed by atoms with van der Waals surface area (Å²) < 4.78 is 0.680. The molecule has 0 aliphatic heterocycles. The van der Waals surface area contributed by atoms with E-state index in [0.717, 1.165) is 12.8 Å². The summed E-state index contributed by atoms with van der Waals surface area (Å²) in [6, 6.07) is 5.24. The molecule has 0 unspecified atom stereocenters. The Morgan fingerprint density at radius 1 is 1.38 bits per heavy atom.